The van der Waals surface area contributed by atoms with Gasteiger partial charge in [-0.25, -0.2) is 9.78 Å². The van der Waals surface area contributed by atoms with Crippen LogP contribution in [0.3, 0.4) is 0 Å². The quantitative estimate of drug-likeness (QED) is 0.665. The smallest absolute Gasteiger partial charge is 0.340 e. The van der Waals surface area contributed by atoms with E-state index < -0.39 is 0 Å². The summed E-state index contributed by atoms with van der Waals surface area (Å²) in [5.41, 5.74) is 2.92. The highest BCUT2D eigenvalue weighted by Crippen LogP contribution is 2.28. The number of allylic oxidation sites excluding steroid dienone is 3. The first-order valence-corrected chi connectivity index (χ1v) is 6.65. The molecule has 2 aromatic rings. The Kier molecular flexibility index (Phi) is 4.35. The van der Waals surface area contributed by atoms with Gasteiger partial charge in [-0.3, -0.25) is 0 Å². The molecular formula is C16H18N2O2. The van der Waals surface area contributed by atoms with Crippen molar-refractivity contribution in [1.82, 2.24) is 9.97 Å². The van der Waals surface area contributed by atoms with E-state index in [1.807, 2.05) is 26.0 Å². The summed E-state index contributed by atoms with van der Waals surface area (Å²) in [5.74, 6) is -0.348. The molecule has 0 aromatic carbocycles. The maximum atomic E-state index is 12.2. The van der Waals surface area contributed by atoms with Crippen LogP contribution in [0.1, 0.15) is 36.2 Å². The van der Waals surface area contributed by atoms with Gasteiger partial charge in [0.15, 0.2) is 0 Å². The number of fused-ring (bicyclic) bond motifs is 1. The summed E-state index contributed by atoms with van der Waals surface area (Å²) in [5, 5.41) is 0.893. The van der Waals surface area contributed by atoms with Gasteiger partial charge in [0, 0.05) is 23.3 Å². The highest BCUT2D eigenvalue weighted by atomic mass is 16.5. The number of H-pyrrole nitrogens is 1. The lowest BCUT2D eigenvalue weighted by atomic mass is 9.98. The SMILES string of the molecule is C=C/C(=C\C)c1c(C(=O)OCCC)cnc2[nH]ccc12. The third-order valence-corrected chi connectivity index (χ3v) is 3.06. The number of rotatable bonds is 5. The van der Waals surface area contributed by atoms with Gasteiger partial charge in [0.1, 0.15) is 5.65 Å². The zero-order valence-electron chi connectivity index (χ0n) is 11.8. The number of ether oxygens (including phenoxy) is 1. The first-order chi connectivity index (χ1) is 9.72. The molecule has 2 heterocycles. The van der Waals surface area contributed by atoms with Crippen molar-refractivity contribution >= 4 is 22.6 Å². The summed E-state index contributed by atoms with van der Waals surface area (Å²) in [6.45, 7) is 8.09. The van der Waals surface area contributed by atoms with Crippen LogP contribution in [-0.2, 0) is 4.74 Å². The molecule has 0 aliphatic heterocycles. The van der Waals surface area contributed by atoms with E-state index in [1.54, 1.807) is 18.5 Å². The molecule has 0 atom stereocenters. The van der Waals surface area contributed by atoms with E-state index in [1.165, 1.54) is 0 Å². The first kappa shape index (κ1) is 14.1. The van der Waals surface area contributed by atoms with Crippen LogP contribution in [0.2, 0.25) is 0 Å². The molecule has 2 aromatic heterocycles. The Hall–Kier alpha value is -2.36. The highest BCUT2D eigenvalue weighted by molar-refractivity contribution is 6.04. The van der Waals surface area contributed by atoms with Crippen molar-refractivity contribution in [3.63, 3.8) is 0 Å². The molecule has 0 fully saturated rings. The van der Waals surface area contributed by atoms with Gasteiger partial charge in [-0.1, -0.05) is 25.7 Å². The van der Waals surface area contributed by atoms with Gasteiger partial charge in [0.25, 0.3) is 0 Å². The van der Waals surface area contributed by atoms with Crippen molar-refractivity contribution in [2.24, 2.45) is 0 Å². The number of carbonyl (C=O) groups excluding carboxylic acids is 1. The van der Waals surface area contributed by atoms with E-state index >= 15 is 0 Å². The van der Waals surface area contributed by atoms with Gasteiger partial charge in [0.05, 0.1) is 12.2 Å². The monoisotopic (exact) mass is 270 g/mol. The van der Waals surface area contributed by atoms with E-state index in [9.17, 15) is 4.79 Å². The second-order valence-electron chi connectivity index (χ2n) is 4.37. The fourth-order valence-corrected chi connectivity index (χ4v) is 2.11. The molecular weight excluding hydrogens is 252 g/mol. The van der Waals surface area contributed by atoms with Gasteiger partial charge < -0.3 is 9.72 Å². The lowest BCUT2D eigenvalue weighted by Gasteiger charge is -2.11. The summed E-state index contributed by atoms with van der Waals surface area (Å²) in [6.07, 6.45) is 7.81. The van der Waals surface area contributed by atoms with Gasteiger partial charge in [0.2, 0.25) is 0 Å². The standard InChI is InChI=1S/C16H18N2O2/c1-4-9-20-16(19)13-10-18-15-12(7-8-17-15)14(13)11(5-2)6-3/h5-8,10H,2,4,9H2,1,3H3,(H,17,18)/b11-6+. The molecule has 0 radical (unpaired) electrons. The van der Waals surface area contributed by atoms with Crippen LogP contribution in [0.15, 0.2) is 37.2 Å². The van der Waals surface area contributed by atoms with Crippen LogP contribution in [0.5, 0.6) is 0 Å². The number of nitrogens with zero attached hydrogens (tertiary/aromatic N) is 1. The van der Waals surface area contributed by atoms with E-state index in [-0.39, 0.29) is 5.97 Å². The summed E-state index contributed by atoms with van der Waals surface area (Å²) in [6, 6.07) is 1.90. The lowest BCUT2D eigenvalue weighted by molar-refractivity contribution is 0.0504. The molecule has 0 aliphatic rings. The summed E-state index contributed by atoms with van der Waals surface area (Å²) in [7, 11) is 0. The molecule has 4 heteroatoms. The largest absolute Gasteiger partial charge is 0.462 e. The van der Waals surface area contributed by atoms with E-state index in [2.05, 4.69) is 16.5 Å². The second kappa shape index (κ2) is 6.19. The minimum Gasteiger partial charge on any atom is -0.462 e. The maximum absolute atomic E-state index is 12.2. The molecule has 1 N–H and O–H groups in total. The van der Waals surface area contributed by atoms with E-state index in [0.29, 0.717) is 12.2 Å². The zero-order chi connectivity index (χ0) is 14.5. The molecule has 0 bridgehead atoms. The van der Waals surface area contributed by atoms with Crippen molar-refractivity contribution in [3.8, 4) is 0 Å². The fourth-order valence-electron chi connectivity index (χ4n) is 2.11. The molecule has 0 amide bonds. The van der Waals surface area contributed by atoms with E-state index in [4.69, 9.17) is 4.74 Å². The van der Waals surface area contributed by atoms with Crippen molar-refractivity contribution < 1.29 is 9.53 Å². The second-order valence-corrected chi connectivity index (χ2v) is 4.37. The number of nitrogens with one attached hydrogen (secondary N) is 1. The molecule has 2 rings (SSSR count). The molecule has 0 aliphatic carbocycles. The van der Waals surface area contributed by atoms with Gasteiger partial charge in [-0.05, 0) is 25.0 Å². The van der Waals surface area contributed by atoms with Crippen LogP contribution < -0.4 is 0 Å². The van der Waals surface area contributed by atoms with Crippen LogP contribution in [-0.4, -0.2) is 22.5 Å². The predicted molar refractivity (Wildman–Crippen MR) is 80.5 cm³/mol. The van der Waals surface area contributed by atoms with Gasteiger partial charge >= 0.3 is 5.97 Å². The third kappa shape index (κ3) is 2.50. The molecule has 20 heavy (non-hydrogen) atoms. The molecule has 0 saturated carbocycles. The Morgan fingerprint density at radius 1 is 1.55 bits per heavy atom. The summed E-state index contributed by atoms with van der Waals surface area (Å²) < 4.78 is 5.23. The number of carbonyl (C=O) groups is 1. The van der Waals surface area contributed by atoms with Crippen molar-refractivity contribution in [2.75, 3.05) is 6.61 Å². The van der Waals surface area contributed by atoms with Crippen LogP contribution in [0, 0.1) is 0 Å². The Morgan fingerprint density at radius 2 is 2.35 bits per heavy atom. The van der Waals surface area contributed by atoms with E-state index in [0.717, 1.165) is 28.6 Å². The van der Waals surface area contributed by atoms with Crippen LogP contribution >= 0.6 is 0 Å². The predicted octanol–water partition coefficient (Wildman–Crippen LogP) is 3.72. The molecule has 104 valence electrons. The normalized spacial score (nSPS) is 11.6. The number of aromatic amines is 1. The number of aromatic nitrogens is 2. The van der Waals surface area contributed by atoms with Gasteiger partial charge in [-0.15, -0.1) is 0 Å². The van der Waals surface area contributed by atoms with Crippen LogP contribution in [0.4, 0.5) is 0 Å². The number of hydrogen-bond donors (Lipinski definition) is 1. The highest BCUT2D eigenvalue weighted by Gasteiger charge is 2.18. The number of pyridine rings is 1. The Labute approximate surface area is 118 Å². The lowest BCUT2D eigenvalue weighted by Crippen LogP contribution is -2.09. The summed E-state index contributed by atoms with van der Waals surface area (Å²) in [4.78, 5) is 19.5. The Balaban J connectivity index is 2.61. The summed E-state index contributed by atoms with van der Waals surface area (Å²) >= 11 is 0. The maximum Gasteiger partial charge on any atom is 0.340 e. The average Bonchev–Trinajstić information content (AvgIpc) is 2.94. The minimum absolute atomic E-state index is 0.348. The molecule has 0 unspecified atom stereocenters. The average molecular weight is 270 g/mol. The fraction of sp³-hybridized carbons (Fsp3) is 0.250. The van der Waals surface area contributed by atoms with Crippen LogP contribution in [0.25, 0.3) is 16.6 Å². The zero-order valence-corrected chi connectivity index (χ0v) is 11.8. The number of esters is 1. The Bertz CT molecular complexity index is 668. The Morgan fingerprint density at radius 3 is 3.00 bits per heavy atom. The third-order valence-electron chi connectivity index (χ3n) is 3.06. The van der Waals surface area contributed by atoms with Crippen molar-refractivity contribution in [3.05, 3.63) is 48.3 Å². The molecule has 0 saturated heterocycles. The molecule has 4 nitrogen and oxygen atoms in total. The van der Waals surface area contributed by atoms with Gasteiger partial charge in [-0.2, -0.15) is 0 Å². The molecule has 0 spiro atoms. The number of hydrogen-bond acceptors (Lipinski definition) is 3. The van der Waals surface area contributed by atoms with Crippen molar-refractivity contribution in [2.45, 2.75) is 20.3 Å². The topological polar surface area (TPSA) is 55.0 Å². The van der Waals surface area contributed by atoms with Crippen molar-refractivity contribution in [1.29, 1.82) is 0 Å². The minimum atomic E-state index is -0.348. The first-order valence-electron chi connectivity index (χ1n) is 6.65.